The number of ether oxygens (including phenoxy) is 2. The number of benzene rings is 3. The van der Waals surface area contributed by atoms with Crippen LogP contribution in [-0.4, -0.2) is 12.0 Å². The standard InChI is InChI=1S/C26H29NO3/c1-18(27-19(2)28)20-8-9-22-17-26(11-10-21(22)16-20)30-25-14-12-24(13-15-25)29-23-6-4-3-5-7-23/h8-18,23H,3-7H2,1-2H3,(H,27,28). The molecule has 1 fully saturated rings. The fraction of sp³-hybridized carbons (Fsp3) is 0.346. The first-order chi connectivity index (χ1) is 14.6. The van der Waals surface area contributed by atoms with Crippen LogP contribution in [0.15, 0.2) is 60.7 Å². The Hall–Kier alpha value is -3.01. The van der Waals surface area contributed by atoms with E-state index in [0.29, 0.717) is 6.10 Å². The normalized spacial score (nSPS) is 15.5. The van der Waals surface area contributed by atoms with Crippen molar-refractivity contribution in [1.29, 1.82) is 0 Å². The molecule has 4 rings (SSSR count). The highest BCUT2D eigenvalue weighted by Crippen LogP contribution is 2.29. The Bertz CT molecular complexity index is 1010. The average Bonchev–Trinajstić information content (AvgIpc) is 2.75. The summed E-state index contributed by atoms with van der Waals surface area (Å²) < 4.78 is 12.1. The van der Waals surface area contributed by atoms with E-state index >= 15 is 0 Å². The van der Waals surface area contributed by atoms with Crippen LogP contribution in [0.25, 0.3) is 10.8 Å². The lowest BCUT2D eigenvalue weighted by atomic mass is 9.98. The van der Waals surface area contributed by atoms with Crippen LogP contribution in [0.4, 0.5) is 0 Å². The summed E-state index contributed by atoms with van der Waals surface area (Å²) in [4.78, 5) is 11.3. The van der Waals surface area contributed by atoms with Gasteiger partial charge >= 0.3 is 0 Å². The molecule has 1 atom stereocenters. The molecule has 1 N–H and O–H groups in total. The number of carbonyl (C=O) groups excluding carboxylic acids is 1. The number of fused-ring (bicyclic) bond motifs is 1. The molecular weight excluding hydrogens is 374 g/mol. The lowest BCUT2D eigenvalue weighted by Gasteiger charge is -2.23. The first-order valence-corrected chi connectivity index (χ1v) is 10.8. The Kier molecular flexibility index (Phi) is 6.22. The van der Waals surface area contributed by atoms with Gasteiger partial charge in [-0.2, -0.15) is 0 Å². The Balaban J connectivity index is 1.42. The highest BCUT2D eigenvalue weighted by Gasteiger charge is 2.14. The minimum atomic E-state index is -0.0264. The SMILES string of the molecule is CC(=O)NC(C)c1ccc2cc(Oc3ccc(OC4CCCCC4)cc3)ccc2c1. The monoisotopic (exact) mass is 403 g/mol. The van der Waals surface area contributed by atoms with Crippen LogP contribution in [-0.2, 0) is 4.79 Å². The summed E-state index contributed by atoms with van der Waals surface area (Å²) >= 11 is 0. The van der Waals surface area contributed by atoms with E-state index in [1.54, 1.807) is 0 Å². The molecule has 4 nitrogen and oxygen atoms in total. The summed E-state index contributed by atoms with van der Waals surface area (Å²) in [5.74, 6) is 2.47. The molecule has 0 aliphatic heterocycles. The van der Waals surface area contributed by atoms with Crippen molar-refractivity contribution >= 4 is 16.7 Å². The summed E-state index contributed by atoms with van der Waals surface area (Å²) in [6, 6.07) is 20.2. The molecule has 1 aliphatic carbocycles. The van der Waals surface area contributed by atoms with Crippen LogP contribution in [0.2, 0.25) is 0 Å². The van der Waals surface area contributed by atoms with Gasteiger partial charge < -0.3 is 14.8 Å². The summed E-state index contributed by atoms with van der Waals surface area (Å²) in [6.07, 6.45) is 6.52. The second-order valence-electron chi connectivity index (χ2n) is 8.14. The average molecular weight is 404 g/mol. The van der Waals surface area contributed by atoms with E-state index in [-0.39, 0.29) is 11.9 Å². The Morgan fingerprint density at radius 3 is 2.23 bits per heavy atom. The maximum absolute atomic E-state index is 11.3. The Morgan fingerprint density at radius 1 is 0.867 bits per heavy atom. The molecule has 0 bridgehead atoms. The molecule has 0 aromatic heterocycles. The quantitative estimate of drug-likeness (QED) is 0.508. The van der Waals surface area contributed by atoms with E-state index in [0.717, 1.165) is 46.4 Å². The molecule has 0 heterocycles. The van der Waals surface area contributed by atoms with Gasteiger partial charge in [-0.05, 0) is 91.4 Å². The number of hydrogen-bond acceptors (Lipinski definition) is 3. The van der Waals surface area contributed by atoms with Gasteiger partial charge in [0.15, 0.2) is 0 Å². The van der Waals surface area contributed by atoms with Crippen LogP contribution < -0.4 is 14.8 Å². The lowest BCUT2D eigenvalue weighted by molar-refractivity contribution is -0.119. The van der Waals surface area contributed by atoms with Crippen LogP contribution in [0.5, 0.6) is 17.2 Å². The zero-order chi connectivity index (χ0) is 20.9. The molecule has 3 aromatic rings. The highest BCUT2D eigenvalue weighted by atomic mass is 16.5. The number of nitrogens with one attached hydrogen (secondary N) is 1. The van der Waals surface area contributed by atoms with Crippen molar-refractivity contribution in [2.75, 3.05) is 0 Å². The molecule has 1 aliphatic rings. The summed E-state index contributed by atoms with van der Waals surface area (Å²) in [5, 5.41) is 5.14. The van der Waals surface area contributed by atoms with Gasteiger partial charge in [-0.15, -0.1) is 0 Å². The first-order valence-electron chi connectivity index (χ1n) is 10.8. The molecule has 1 saturated carbocycles. The van der Waals surface area contributed by atoms with E-state index in [9.17, 15) is 4.79 Å². The van der Waals surface area contributed by atoms with Gasteiger partial charge in [-0.1, -0.05) is 24.6 Å². The van der Waals surface area contributed by atoms with Gasteiger partial charge in [-0.25, -0.2) is 0 Å². The van der Waals surface area contributed by atoms with Crippen LogP contribution in [0.3, 0.4) is 0 Å². The van der Waals surface area contributed by atoms with E-state index in [2.05, 4.69) is 23.5 Å². The van der Waals surface area contributed by atoms with Gasteiger partial charge in [-0.3, -0.25) is 4.79 Å². The second kappa shape index (κ2) is 9.21. The summed E-state index contributed by atoms with van der Waals surface area (Å²) in [5.41, 5.74) is 1.08. The topological polar surface area (TPSA) is 47.6 Å². The van der Waals surface area contributed by atoms with Gasteiger partial charge in [0.25, 0.3) is 0 Å². The predicted octanol–water partition coefficient (Wildman–Crippen LogP) is 6.54. The third-order valence-corrected chi connectivity index (χ3v) is 5.67. The van der Waals surface area contributed by atoms with Crippen molar-refractivity contribution in [1.82, 2.24) is 5.32 Å². The molecule has 0 spiro atoms. The molecular formula is C26H29NO3. The van der Waals surface area contributed by atoms with Crippen molar-refractivity contribution in [3.63, 3.8) is 0 Å². The maximum Gasteiger partial charge on any atom is 0.217 e. The van der Waals surface area contributed by atoms with Crippen molar-refractivity contribution in [3.8, 4) is 17.2 Å². The third-order valence-electron chi connectivity index (χ3n) is 5.67. The van der Waals surface area contributed by atoms with Gasteiger partial charge in [0.1, 0.15) is 17.2 Å². The maximum atomic E-state index is 11.3. The number of carbonyl (C=O) groups is 1. The minimum Gasteiger partial charge on any atom is -0.490 e. The van der Waals surface area contributed by atoms with Crippen LogP contribution in [0, 0.1) is 0 Å². The summed E-state index contributed by atoms with van der Waals surface area (Å²) in [6.45, 7) is 3.53. The highest BCUT2D eigenvalue weighted by molar-refractivity contribution is 5.85. The fourth-order valence-corrected chi connectivity index (χ4v) is 4.06. The minimum absolute atomic E-state index is 0.0165. The first kappa shape index (κ1) is 20.3. The lowest BCUT2D eigenvalue weighted by Crippen LogP contribution is -2.23. The number of rotatable bonds is 6. The van der Waals surface area contributed by atoms with Gasteiger partial charge in [0.2, 0.25) is 5.91 Å². The number of hydrogen-bond donors (Lipinski definition) is 1. The Morgan fingerprint density at radius 2 is 1.50 bits per heavy atom. The zero-order valence-electron chi connectivity index (χ0n) is 17.7. The predicted molar refractivity (Wildman–Crippen MR) is 120 cm³/mol. The molecule has 1 unspecified atom stereocenters. The second-order valence-corrected chi connectivity index (χ2v) is 8.14. The van der Waals surface area contributed by atoms with E-state index in [1.165, 1.54) is 26.2 Å². The van der Waals surface area contributed by atoms with Crippen molar-refractivity contribution < 1.29 is 14.3 Å². The third kappa shape index (κ3) is 5.12. The molecule has 156 valence electrons. The van der Waals surface area contributed by atoms with E-state index in [1.807, 2.05) is 49.4 Å². The largest absolute Gasteiger partial charge is 0.490 e. The van der Waals surface area contributed by atoms with E-state index < -0.39 is 0 Å². The van der Waals surface area contributed by atoms with Crippen molar-refractivity contribution in [3.05, 3.63) is 66.2 Å². The van der Waals surface area contributed by atoms with Crippen molar-refractivity contribution in [2.45, 2.75) is 58.1 Å². The zero-order valence-corrected chi connectivity index (χ0v) is 17.7. The van der Waals surface area contributed by atoms with Crippen molar-refractivity contribution in [2.24, 2.45) is 0 Å². The van der Waals surface area contributed by atoms with Gasteiger partial charge in [0, 0.05) is 6.92 Å². The smallest absolute Gasteiger partial charge is 0.217 e. The molecule has 1 amide bonds. The number of amides is 1. The molecule has 30 heavy (non-hydrogen) atoms. The van der Waals surface area contributed by atoms with Gasteiger partial charge in [0.05, 0.1) is 12.1 Å². The van der Waals surface area contributed by atoms with Crippen LogP contribution in [0.1, 0.15) is 57.6 Å². The molecule has 0 radical (unpaired) electrons. The molecule has 3 aromatic carbocycles. The van der Waals surface area contributed by atoms with Crippen LogP contribution >= 0.6 is 0 Å². The summed E-state index contributed by atoms with van der Waals surface area (Å²) in [7, 11) is 0. The molecule has 4 heteroatoms. The Labute approximate surface area is 178 Å². The molecule has 0 saturated heterocycles. The van der Waals surface area contributed by atoms with E-state index in [4.69, 9.17) is 9.47 Å². The fourth-order valence-electron chi connectivity index (χ4n) is 4.06.